The second-order valence-corrected chi connectivity index (χ2v) is 6.56. The molecule has 1 aromatic rings. The maximum atomic E-state index is 11.9. The molecule has 1 aliphatic heterocycles. The molecule has 0 aromatic heterocycles. The van der Waals surface area contributed by atoms with E-state index in [9.17, 15) is 4.79 Å². The molecule has 1 aliphatic rings. The molecule has 1 unspecified atom stereocenters. The summed E-state index contributed by atoms with van der Waals surface area (Å²) in [5.41, 5.74) is 6.83. The van der Waals surface area contributed by atoms with Crippen LogP contribution in [0.5, 0.6) is 0 Å². The van der Waals surface area contributed by atoms with Gasteiger partial charge in [-0.3, -0.25) is 0 Å². The van der Waals surface area contributed by atoms with Gasteiger partial charge in [-0.05, 0) is 31.9 Å². The molecule has 2 rings (SSSR count). The molecule has 3 N–H and O–H groups in total. The van der Waals surface area contributed by atoms with E-state index in [0.717, 1.165) is 16.5 Å². The van der Waals surface area contributed by atoms with E-state index in [0.29, 0.717) is 13.1 Å². The van der Waals surface area contributed by atoms with Crippen molar-refractivity contribution in [1.82, 2.24) is 10.2 Å². The molecule has 0 bridgehead atoms. The molecule has 104 valence electrons. The fourth-order valence-corrected chi connectivity index (χ4v) is 2.70. The zero-order valence-electron chi connectivity index (χ0n) is 11.3. The highest BCUT2D eigenvalue weighted by Crippen LogP contribution is 2.27. The molecule has 1 fully saturated rings. The van der Waals surface area contributed by atoms with Crippen LogP contribution in [0.1, 0.15) is 31.9 Å². The third-order valence-electron chi connectivity index (χ3n) is 3.29. The van der Waals surface area contributed by atoms with Crippen LogP contribution in [0.2, 0.25) is 0 Å². The number of amides is 2. The fraction of sp³-hybridized carbons (Fsp3) is 0.500. The van der Waals surface area contributed by atoms with Gasteiger partial charge < -0.3 is 16.0 Å². The Morgan fingerprint density at radius 1 is 1.47 bits per heavy atom. The number of rotatable bonds is 4. The van der Waals surface area contributed by atoms with Gasteiger partial charge in [-0.1, -0.05) is 34.1 Å². The molecule has 0 spiro atoms. The van der Waals surface area contributed by atoms with Crippen LogP contribution in [0.25, 0.3) is 0 Å². The minimum atomic E-state index is -0.244. The number of urea groups is 1. The minimum Gasteiger partial charge on any atom is -0.329 e. The van der Waals surface area contributed by atoms with E-state index in [1.54, 1.807) is 0 Å². The minimum absolute atomic E-state index is 0.00926. The van der Waals surface area contributed by atoms with Gasteiger partial charge in [0.2, 0.25) is 0 Å². The Bertz CT molecular complexity index is 470. The Hall–Kier alpha value is -1.07. The number of nitrogens with two attached hydrogens (primary N) is 1. The molecule has 0 aliphatic carbocycles. The first-order valence-corrected chi connectivity index (χ1v) is 7.25. The van der Waals surface area contributed by atoms with Gasteiger partial charge in [-0.2, -0.15) is 0 Å². The number of halogens is 1. The topological polar surface area (TPSA) is 58.4 Å². The molecular formula is C14H20BrN3O. The third-order valence-corrected chi connectivity index (χ3v) is 4.02. The highest BCUT2D eigenvalue weighted by molar-refractivity contribution is 9.10. The molecule has 1 heterocycles. The van der Waals surface area contributed by atoms with Crippen molar-refractivity contribution in [2.45, 2.75) is 31.8 Å². The van der Waals surface area contributed by atoms with Crippen molar-refractivity contribution >= 4 is 22.0 Å². The van der Waals surface area contributed by atoms with Gasteiger partial charge in [0.15, 0.2) is 0 Å². The Morgan fingerprint density at radius 3 is 2.79 bits per heavy atom. The first-order chi connectivity index (χ1) is 8.87. The summed E-state index contributed by atoms with van der Waals surface area (Å²) in [6.45, 7) is 5.34. The second-order valence-electron chi connectivity index (χ2n) is 5.71. The van der Waals surface area contributed by atoms with Gasteiger partial charge in [0.25, 0.3) is 0 Å². The number of benzene rings is 1. The molecule has 1 saturated heterocycles. The van der Waals surface area contributed by atoms with Gasteiger partial charge in [-0.15, -0.1) is 0 Å². The standard InChI is InChI=1S/C14H20BrN3O/c1-14(2,16)7-8-18-9-12(17-13(18)19)10-5-3-4-6-11(10)15/h3-6,12H,7-9,16H2,1-2H3,(H,17,19). The van der Waals surface area contributed by atoms with E-state index in [4.69, 9.17) is 5.73 Å². The van der Waals surface area contributed by atoms with Gasteiger partial charge in [0.1, 0.15) is 0 Å². The van der Waals surface area contributed by atoms with Crippen molar-refractivity contribution in [2.75, 3.05) is 13.1 Å². The van der Waals surface area contributed by atoms with Crippen molar-refractivity contribution in [3.8, 4) is 0 Å². The molecule has 19 heavy (non-hydrogen) atoms. The van der Waals surface area contributed by atoms with E-state index in [1.165, 1.54) is 0 Å². The summed E-state index contributed by atoms with van der Waals surface area (Å²) in [5, 5.41) is 3.01. The van der Waals surface area contributed by atoms with Crippen molar-refractivity contribution in [3.05, 3.63) is 34.3 Å². The van der Waals surface area contributed by atoms with Crippen LogP contribution in [0.3, 0.4) is 0 Å². The summed E-state index contributed by atoms with van der Waals surface area (Å²) in [6.07, 6.45) is 0.795. The van der Waals surface area contributed by atoms with Crippen LogP contribution in [0.15, 0.2) is 28.7 Å². The Labute approximate surface area is 122 Å². The van der Waals surface area contributed by atoms with Crippen molar-refractivity contribution in [3.63, 3.8) is 0 Å². The Morgan fingerprint density at radius 2 is 2.16 bits per heavy atom. The van der Waals surface area contributed by atoms with Gasteiger partial charge in [-0.25, -0.2) is 4.79 Å². The summed E-state index contributed by atoms with van der Waals surface area (Å²) < 4.78 is 1.03. The lowest BCUT2D eigenvalue weighted by molar-refractivity contribution is 0.213. The normalized spacial score (nSPS) is 19.7. The van der Waals surface area contributed by atoms with Crippen LogP contribution in [-0.2, 0) is 0 Å². The van der Waals surface area contributed by atoms with E-state index < -0.39 is 0 Å². The lowest BCUT2D eigenvalue weighted by Crippen LogP contribution is -2.38. The number of hydrogen-bond donors (Lipinski definition) is 2. The lowest BCUT2D eigenvalue weighted by atomic mass is 10.0. The fourth-order valence-electron chi connectivity index (χ4n) is 2.14. The molecule has 5 heteroatoms. The first kappa shape index (κ1) is 14.3. The average Bonchev–Trinajstić information content (AvgIpc) is 2.68. The molecule has 2 amide bonds. The summed E-state index contributed by atoms with van der Waals surface area (Å²) in [7, 11) is 0. The monoisotopic (exact) mass is 325 g/mol. The summed E-state index contributed by atoms with van der Waals surface area (Å²) in [4.78, 5) is 13.8. The number of nitrogens with zero attached hydrogens (tertiary/aromatic N) is 1. The number of carbonyl (C=O) groups excluding carboxylic acids is 1. The van der Waals surface area contributed by atoms with E-state index in [-0.39, 0.29) is 17.6 Å². The quantitative estimate of drug-likeness (QED) is 0.894. The Kier molecular flexibility index (Phi) is 4.16. The smallest absolute Gasteiger partial charge is 0.318 e. The Balaban J connectivity index is 2.02. The molecule has 4 nitrogen and oxygen atoms in total. The molecule has 1 aromatic carbocycles. The number of carbonyl (C=O) groups is 1. The number of nitrogens with one attached hydrogen (secondary N) is 1. The molecule has 0 radical (unpaired) electrons. The highest BCUT2D eigenvalue weighted by atomic mass is 79.9. The van der Waals surface area contributed by atoms with Crippen LogP contribution in [0, 0.1) is 0 Å². The summed E-state index contributed by atoms with van der Waals surface area (Å²) >= 11 is 3.53. The SMILES string of the molecule is CC(C)(N)CCN1CC(c2ccccc2Br)NC1=O. The predicted molar refractivity (Wildman–Crippen MR) is 79.9 cm³/mol. The zero-order valence-corrected chi connectivity index (χ0v) is 12.9. The third kappa shape index (κ3) is 3.70. The average molecular weight is 326 g/mol. The maximum absolute atomic E-state index is 11.9. The predicted octanol–water partition coefficient (Wildman–Crippen LogP) is 2.64. The van der Waals surface area contributed by atoms with Gasteiger partial charge >= 0.3 is 6.03 Å². The van der Waals surface area contributed by atoms with Crippen LogP contribution >= 0.6 is 15.9 Å². The van der Waals surface area contributed by atoms with E-state index in [2.05, 4.69) is 21.2 Å². The second kappa shape index (κ2) is 5.51. The van der Waals surface area contributed by atoms with Crippen molar-refractivity contribution in [2.24, 2.45) is 5.73 Å². The lowest BCUT2D eigenvalue weighted by Gasteiger charge is -2.22. The van der Waals surface area contributed by atoms with Crippen LogP contribution < -0.4 is 11.1 Å². The van der Waals surface area contributed by atoms with Crippen molar-refractivity contribution < 1.29 is 4.79 Å². The first-order valence-electron chi connectivity index (χ1n) is 6.45. The molecule has 0 saturated carbocycles. The van der Waals surface area contributed by atoms with Gasteiger partial charge in [0.05, 0.1) is 6.04 Å². The summed E-state index contributed by atoms with van der Waals surface area (Å²) in [6, 6.07) is 8.02. The van der Waals surface area contributed by atoms with E-state index in [1.807, 2.05) is 43.0 Å². The molecule has 1 atom stereocenters. The zero-order chi connectivity index (χ0) is 14.0. The van der Waals surface area contributed by atoms with E-state index >= 15 is 0 Å². The number of hydrogen-bond acceptors (Lipinski definition) is 2. The van der Waals surface area contributed by atoms with Crippen molar-refractivity contribution in [1.29, 1.82) is 0 Å². The summed E-state index contributed by atoms with van der Waals surface area (Å²) in [5.74, 6) is 0. The van der Waals surface area contributed by atoms with Crippen LogP contribution in [0.4, 0.5) is 4.79 Å². The largest absolute Gasteiger partial charge is 0.329 e. The molecular weight excluding hydrogens is 306 g/mol. The van der Waals surface area contributed by atoms with Gasteiger partial charge in [0, 0.05) is 23.1 Å². The van der Waals surface area contributed by atoms with Crippen LogP contribution in [-0.4, -0.2) is 29.6 Å². The maximum Gasteiger partial charge on any atom is 0.318 e. The highest BCUT2D eigenvalue weighted by Gasteiger charge is 2.31.